The van der Waals surface area contributed by atoms with Gasteiger partial charge in [-0.25, -0.2) is 9.78 Å². The van der Waals surface area contributed by atoms with Crippen LogP contribution in [0.25, 0.3) is 0 Å². The molecule has 0 radical (unpaired) electrons. The molecule has 0 saturated heterocycles. The van der Waals surface area contributed by atoms with E-state index in [-0.39, 0.29) is 12.2 Å². The van der Waals surface area contributed by atoms with Crippen molar-refractivity contribution < 1.29 is 14.3 Å². The van der Waals surface area contributed by atoms with Gasteiger partial charge in [-0.3, -0.25) is 0 Å². The van der Waals surface area contributed by atoms with E-state index < -0.39 is 5.60 Å². The number of hydrogen-bond acceptors (Lipinski definition) is 6. The highest BCUT2D eigenvalue weighted by Gasteiger charge is 2.22. The lowest BCUT2D eigenvalue weighted by molar-refractivity contribution is 0.0164. The Labute approximate surface area is 145 Å². The van der Waals surface area contributed by atoms with Crippen LogP contribution in [0.5, 0.6) is 0 Å². The summed E-state index contributed by atoms with van der Waals surface area (Å²) in [7, 11) is 3.27. The third-order valence-electron chi connectivity index (χ3n) is 2.96. The zero-order valence-corrected chi connectivity index (χ0v) is 15.8. The summed E-state index contributed by atoms with van der Waals surface area (Å²) in [4.78, 5) is 17.6. The van der Waals surface area contributed by atoms with Crippen molar-refractivity contribution in [1.29, 1.82) is 0 Å². The first-order valence-corrected chi connectivity index (χ1v) is 8.04. The van der Waals surface area contributed by atoms with Crippen molar-refractivity contribution >= 4 is 33.4 Å². The number of ether oxygens (including phenoxy) is 2. The Morgan fingerprint density at radius 2 is 2.17 bits per heavy atom. The van der Waals surface area contributed by atoms with E-state index in [2.05, 4.69) is 26.2 Å². The summed E-state index contributed by atoms with van der Waals surface area (Å²) in [5.41, 5.74) is 6.67. The Morgan fingerprint density at radius 3 is 2.70 bits per heavy atom. The predicted octanol–water partition coefficient (Wildman–Crippen LogP) is 2.72. The molecule has 0 spiro atoms. The highest BCUT2D eigenvalue weighted by Crippen LogP contribution is 2.25. The number of nitrogens with two attached hydrogens (primary N) is 1. The summed E-state index contributed by atoms with van der Waals surface area (Å²) < 4.78 is 11.4. The van der Waals surface area contributed by atoms with Gasteiger partial charge in [0.05, 0.1) is 24.0 Å². The van der Waals surface area contributed by atoms with Crippen molar-refractivity contribution in [3.05, 3.63) is 16.9 Å². The maximum absolute atomic E-state index is 12.0. The number of likely N-dealkylation sites (N-methyl/N-ethyl adjacent to an activating group) is 1. The number of methoxy groups -OCH3 is 1. The van der Waals surface area contributed by atoms with Crippen molar-refractivity contribution in [3.63, 3.8) is 0 Å². The Kier molecular flexibility index (Phi) is 7.08. The maximum Gasteiger partial charge on any atom is 0.410 e. The lowest BCUT2D eigenvalue weighted by Crippen LogP contribution is -2.41. The first kappa shape index (κ1) is 19.5. The fourth-order valence-corrected chi connectivity index (χ4v) is 2.27. The number of hydrogen-bond donors (Lipinski definition) is 2. The fourth-order valence-electron chi connectivity index (χ4n) is 1.78. The minimum Gasteiger partial charge on any atom is -0.444 e. The van der Waals surface area contributed by atoms with Crippen LogP contribution in [0, 0.1) is 0 Å². The topological polar surface area (TPSA) is 89.7 Å². The number of anilines is 2. The van der Waals surface area contributed by atoms with Crippen molar-refractivity contribution in [1.82, 2.24) is 9.88 Å². The van der Waals surface area contributed by atoms with E-state index in [4.69, 9.17) is 15.2 Å². The third kappa shape index (κ3) is 6.62. The smallest absolute Gasteiger partial charge is 0.410 e. The van der Waals surface area contributed by atoms with Crippen LogP contribution in [0.15, 0.2) is 16.9 Å². The molecule has 1 heterocycles. The van der Waals surface area contributed by atoms with Gasteiger partial charge in [-0.2, -0.15) is 0 Å². The van der Waals surface area contributed by atoms with Crippen LogP contribution in [0.1, 0.15) is 20.8 Å². The summed E-state index contributed by atoms with van der Waals surface area (Å²) in [6.45, 7) is 6.35. The van der Waals surface area contributed by atoms with Crippen molar-refractivity contribution in [2.24, 2.45) is 0 Å². The number of nitrogens with zero attached hydrogens (tertiary/aromatic N) is 2. The minimum absolute atomic E-state index is 0.223. The lowest BCUT2D eigenvalue weighted by Gasteiger charge is -2.27. The molecule has 3 N–H and O–H groups in total. The van der Waals surface area contributed by atoms with Crippen LogP contribution >= 0.6 is 15.9 Å². The molecule has 0 aliphatic rings. The van der Waals surface area contributed by atoms with Gasteiger partial charge < -0.3 is 25.4 Å². The van der Waals surface area contributed by atoms with Gasteiger partial charge in [-0.05, 0) is 42.8 Å². The van der Waals surface area contributed by atoms with Crippen molar-refractivity contribution in [2.45, 2.75) is 32.5 Å². The molecule has 0 aliphatic heterocycles. The van der Waals surface area contributed by atoms with Crippen LogP contribution < -0.4 is 11.1 Å². The molecule has 0 aromatic carbocycles. The molecular formula is C15H25BrN4O3. The molecule has 0 saturated carbocycles. The van der Waals surface area contributed by atoms with Crippen molar-refractivity contribution in [3.8, 4) is 0 Å². The fraction of sp³-hybridized carbons (Fsp3) is 0.600. The van der Waals surface area contributed by atoms with E-state index >= 15 is 0 Å². The Balaban J connectivity index is 2.59. The van der Waals surface area contributed by atoms with Crippen LogP contribution in [0.3, 0.4) is 0 Å². The summed E-state index contributed by atoms with van der Waals surface area (Å²) in [5.74, 6) is 0. The van der Waals surface area contributed by atoms with E-state index in [1.165, 1.54) is 4.90 Å². The Morgan fingerprint density at radius 1 is 1.52 bits per heavy atom. The molecule has 0 fully saturated rings. The summed E-state index contributed by atoms with van der Waals surface area (Å²) in [5, 5.41) is 3.19. The standard InChI is InChI=1S/C15H25BrN4O3/c1-15(2,3)23-14(21)20(4)9-10(22-5)8-19-12-11(17)6-7-18-13(12)16/h6-7,10,19H,8-9H2,1-5H3,(H2,17,18)/t10-/m1/s1. The highest BCUT2D eigenvalue weighted by atomic mass is 79.9. The van der Waals surface area contributed by atoms with E-state index in [9.17, 15) is 4.79 Å². The number of nitrogens with one attached hydrogen (secondary N) is 1. The molecule has 1 amide bonds. The van der Waals surface area contributed by atoms with E-state index in [1.54, 1.807) is 26.4 Å². The van der Waals surface area contributed by atoms with Gasteiger partial charge in [0, 0.05) is 26.9 Å². The van der Waals surface area contributed by atoms with E-state index in [0.29, 0.717) is 29.1 Å². The second-order valence-electron chi connectivity index (χ2n) is 6.17. The lowest BCUT2D eigenvalue weighted by atomic mass is 10.2. The third-order valence-corrected chi connectivity index (χ3v) is 3.56. The van der Waals surface area contributed by atoms with Gasteiger partial charge >= 0.3 is 6.09 Å². The number of rotatable bonds is 6. The van der Waals surface area contributed by atoms with Gasteiger partial charge in [0.15, 0.2) is 0 Å². The number of pyridine rings is 1. The van der Waals surface area contributed by atoms with Gasteiger partial charge in [-0.15, -0.1) is 0 Å². The van der Waals surface area contributed by atoms with Gasteiger partial charge in [-0.1, -0.05) is 0 Å². The largest absolute Gasteiger partial charge is 0.444 e. The van der Waals surface area contributed by atoms with Gasteiger partial charge in [0.1, 0.15) is 10.2 Å². The molecule has 1 atom stereocenters. The second-order valence-corrected chi connectivity index (χ2v) is 6.92. The molecule has 1 rings (SSSR count). The number of carbonyl (C=O) groups is 1. The second kappa shape index (κ2) is 8.35. The maximum atomic E-state index is 12.0. The Bertz CT molecular complexity index is 514. The number of aromatic nitrogens is 1. The zero-order valence-electron chi connectivity index (χ0n) is 14.2. The van der Waals surface area contributed by atoms with Crippen LogP contribution in [0.2, 0.25) is 0 Å². The molecule has 1 aromatic rings. The quantitative estimate of drug-likeness (QED) is 0.728. The first-order valence-electron chi connectivity index (χ1n) is 7.24. The van der Waals surface area contributed by atoms with E-state index in [1.807, 2.05) is 20.8 Å². The average molecular weight is 389 g/mol. The molecule has 0 bridgehead atoms. The van der Waals surface area contributed by atoms with Crippen LogP contribution in [-0.2, 0) is 9.47 Å². The van der Waals surface area contributed by atoms with Gasteiger partial charge in [0.25, 0.3) is 0 Å². The molecule has 0 unspecified atom stereocenters. The molecule has 0 aliphatic carbocycles. The predicted molar refractivity (Wildman–Crippen MR) is 94.5 cm³/mol. The number of amides is 1. The zero-order chi connectivity index (χ0) is 17.6. The first-order chi connectivity index (χ1) is 10.6. The normalized spacial score (nSPS) is 12.6. The molecule has 1 aromatic heterocycles. The summed E-state index contributed by atoms with van der Waals surface area (Å²) in [6.07, 6.45) is 1.01. The molecule has 8 heteroatoms. The Hall–Kier alpha value is -1.54. The van der Waals surface area contributed by atoms with Crippen molar-refractivity contribution in [2.75, 3.05) is 38.3 Å². The number of halogens is 1. The molecular weight excluding hydrogens is 364 g/mol. The number of nitrogen functional groups attached to an aromatic ring is 1. The summed E-state index contributed by atoms with van der Waals surface area (Å²) >= 11 is 3.35. The van der Waals surface area contributed by atoms with E-state index in [0.717, 1.165) is 0 Å². The highest BCUT2D eigenvalue weighted by molar-refractivity contribution is 9.10. The molecule has 7 nitrogen and oxygen atoms in total. The number of carbonyl (C=O) groups excluding carboxylic acids is 1. The summed E-state index contributed by atoms with van der Waals surface area (Å²) in [6, 6.07) is 1.71. The monoisotopic (exact) mass is 388 g/mol. The molecule has 130 valence electrons. The minimum atomic E-state index is -0.527. The SMILES string of the molecule is CO[C@H](CNc1c(N)ccnc1Br)CN(C)C(=O)OC(C)(C)C. The van der Waals surface area contributed by atoms with Crippen LogP contribution in [0.4, 0.5) is 16.2 Å². The molecule has 23 heavy (non-hydrogen) atoms. The van der Waals surface area contributed by atoms with Crippen LogP contribution in [-0.4, -0.2) is 54.9 Å². The average Bonchev–Trinajstić information content (AvgIpc) is 2.43. The van der Waals surface area contributed by atoms with Gasteiger partial charge in [0.2, 0.25) is 0 Å².